The SMILES string of the molecule is CCCCNC(=NCc1cccc(CN2CCCC2=O)c1)NCc1ccc(C)cc1.I. The number of rotatable bonds is 9. The van der Waals surface area contributed by atoms with E-state index in [4.69, 9.17) is 4.99 Å². The van der Waals surface area contributed by atoms with Crippen LogP contribution in [0.2, 0.25) is 0 Å². The van der Waals surface area contributed by atoms with E-state index in [1.807, 2.05) is 4.90 Å². The Morgan fingerprint density at radius 3 is 2.55 bits per heavy atom. The molecule has 5 nitrogen and oxygen atoms in total. The van der Waals surface area contributed by atoms with Crippen LogP contribution in [0.25, 0.3) is 0 Å². The summed E-state index contributed by atoms with van der Waals surface area (Å²) in [5.41, 5.74) is 4.84. The molecule has 0 atom stereocenters. The Kier molecular flexibility index (Phi) is 10.8. The zero-order valence-electron chi connectivity index (χ0n) is 18.7. The van der Waals surface area contributed by atoms with E-state index in [9.17, 15) is 4.79 Å². The molecule has 1 aliphatic heterocycles. The van der Waals surface area contributed by atoms with E-state index in [2.05, 4.69) is 73.0 Å². The van der Waals surface area contributed by atoms with Crippen LogP contribution in [-0.2, 0) is 24.4 Å². The fourth-order valence-electron chi connectivity index (χ4n) is 3.54. The van der Waals surface area contributed by atoms with Gasteiger partial charge in [0.05, 0.1) is 6.54 Å². The second-order valence-electron chi connectivity index (χ2n) is 8.02. The first-order valence-electron chi connectivity index (χ1n) is 11.1. The molecule has 0 saturated carbocycles. The molecule has 1 amide bonds. The summed E-state index contributed by atoms with van der Waals surface area (Å²) in [6.07, 6.45) is 3.92. The minimum atomic E-state index is 0. The number of hydrogen-bond acceptors (Lipinski definition) is 2. The fourth-order valence-corrected chi connectivity index (χ4v) is 3.54. The Labute approximate surface area is 203 Å². The van der Waals surface area contributed by atoms with Crippen LogP contribution in [0.1, 0.15) is 54.9 Å². The average molecular weight is 534 g/mol. The van der Waals surface area contributed by atoms with Gasteiger partial charge in [0, 0.05) is 32.6 Å². The van der Waals surface area contributed by atoms with Crippen molar-refractivity contribution in [1.82, 2.24) is 15.5 Å². The number of likely N-dealkylation sites (tertiary alicyclic amines) is 1. The summed E-state index contributed by atoms with van der Waals surface area (Å²) in [6, 6.07) is 17.0. The molecular formula is C25H35IN4O. The van der Waals surface area contributed by atoms with Gasteiger partial charge in [-0.3, -0.25) is 4.79 Å². The molecule has 0 bridgehead atoms. The lowest BCUT2D eigenvalue weighted by Crippen LogP contribution is -2.37. The smallest absolute Gasteiger partial charge is 0.222 e. The number of amides is 1. The van der Waals surface area contributed by atoms with Crippen molar-refractivity contribution in [2.75, 3.05) is 13.1 Å². The number of aryl methyl sites for hydroxylation is 1. The minimum Gasteiger partial charge on any atom is -0.356 e. The quantitative estimate of drug-likeness (QED) is 0.211. The van der Waals surface area contributed by atoms with E-state index in [0.717, 1.165) is 50.4 Å². The first-order valence-corrected chi connectivity index (χ1v) is 11.1. The number of carbonyl (C=O) groups is 1. The summed E-state index contributed by atoms with van der Waals surface area (Å²) in [4.78, 5) is 18.6. The molecule has 3 rings (SSSR count). The third-order valence-electron chi connectivity index (χ3n) is 5.36. The molecule has 0 unspecified atom stereocenters. The minimum absolute atomic E-state index is 0. The van der Waals surface area contributed by atoms with Crippen LogP contribution < -0.4 is 10.6 Å². The lowest BCUT2D eigenvalue weighted by molar-refractivity contribution is -0.128. The number of nitrogens with zero attached hydrogens (tertiary/aromatic N) is 2. The number of benzene rings is 2. The van der Waals surface area contributed by atoms with E-state index in [1.54, 1.807) is 0 Å². The second kappa shape index (κ2) is 13.3. The van der Waals surface area contributed by atoms with Crippen molar-refractivity contribution in [2.24, 2.45) is 4.99 Å². The van der Waals surface area contributed by atoms with Gasteiger partial charge >= 0.3 is 0 Å². The van der Waals surface area contributed by atoms with Crippen molar-refractivity contribution in [3.05, 3.63) is 70.8 Å². The van der Waals surface area contributed by atoms with E-state index < -0.39 is 0 Å². The lowest BCUT2D eigenvalue weighted by Gasteiger charge is -2.16. The summed E-state index contributed by atoms with van der Waals surface area (Å²) in [6.45, 7) is 8.12. The van der Waals surface area contributed by atoms with Crippen molar-refractivity contribution in [2.45, 2.75) is 59.2 Å². The van der Waals surface area contributed by atoms with E-state index in [-0.39, 0.29) is 29.9 Å². The predicted molar refractivity (Wildman–Crippen MR) is 139 cm³/mol. The largest absolute Gasteiger partial charge is 0.356 e. The van der Waals surface area contributed by atoms with Crippen LogP contribution in [0.15, 0.2) is 53.5 Å². The third kappa shape index (κ3) is 8.51. The van der Waals surface area contributed by atoms with E-state index in [1.165, 1.54) is 16.7 Å². The topological polar surface area (TPSA) is 56.7 Å². The van der Waals surface area contributed by atoms with Crippen LogP contribution in [0.5, 0.6) is 0 Å². The van der Waals surface area contributed by atoms with E-state index >= 15 is 0 Å². The molecule has 0 aromatic heterocycles. The first-order chi connectivity index (χ1) is 14.6. The molecule has 2 aromatic carbocycles. The van der Waals surface area contributed by atoms with Gasteiger partial charge in [0.2, 0.25) is 5.91 Å². The predicted octanol–water partition coefficient (Wildman–Crippen LogP) is 4.77. The zero-order valence-corrected chi connectivity index (χ0v) is 21.0. The summed E-state index contributed by atoms with van der Waals surface area (Å²) >= 11 is 0. The molecule has 2 N–H and O–H groups in total. The van der Waals surface area contributed by atoms with Crippen LogP contribution in [0.3, 0.4) is 0 Å². The normalized spacial score (nSPS) is 13.8. The van der Waals surface area contributed by atoms with Crippen LogP contribution in [-0.4, -0.2) is 29.9 Å². The fraction of sp³-hybridized carbons (Fsp3) is 0.440. The Balaban J connectivity index is 0.00000341. The van der Waals surface area contributed by atoms with Crippen molar-refractivity contribution < 1.29 is 4.79 Å². The van der Waals surface area contributed by atoms with Gasteiger partial charge in [-0.1, -0.05) is 67.4 Å². The van der Waals surface area contributed by atoms with Gasteiger partial charge in [-0.15, -0.1) is 24.0 Å². The highest BCUT2D eigenvalue weighted by Gasteiger charge is 2.19. The number of aliphatic imine (C=N–C) groups is 1. The highest BCUT2D eigenvalue weighted by molar-refractivity contribution is 14.0. The van der Waals surface area contributed by atoms with Gasteiger partial charge in [-0.2, -0.15) is 0 Å². The summed E-state index contributed by atoms with van der Waals surface area (Å²) < 4.78 is 0. The molecule has 1 heterocycles. The Morgan fingerprint density at radius 2 is 1.84 bits per heavy atom. The Hall–Kier alpha value is -2.09. The molecule has 0 aliphatic carbocycles. The maximum Gasteiger partial charge on any atom is 0.222 e. The molecule has 0 spiro atoms. The van der Waals surface area contributed by atoms with E-state index in [0.29, 0.717) is 19.5 Å². The van der Waals surface area contributed by atoms with Crippen LogP contribution in [0, 0.1) is 6.92 Å². The molecule has 6 heteroatoms. The molecular weight excluding hydrogens is 499 g/mol. The van der Waals surface area contributed by atoms with Gasteiger partial charge in [-0.05, 0) is 36.5 Å². The number of halogens is 1. The summed E-state index contributed by atoms with van der Waals surface area (Å²) in [5, 5.41) is 6.89. The number of guanidine groups is 1. The van der Waals surface area contributed by atoms with Crippen molar-refractivity contribution in [1.29, 1.82) is 0 Å². The average Bonchev–Trinajstić information content (AvgIpc) is 3.15. The standard InChI is InChI=1S/C25H34N4O.HI/c1-3-4-14-26-25(27-17-21-12-10-20(2)11-13-21)28-18-22-7-5-8-23(16-22)19-29-15-6-9-24(29)30;/h5,7-8,10-13,16H,3-4,6,9,14-15,17-19H2,1-2H3,(H2,26,27,28);1H. The number of hydrogen-bond donors (Lipinski definition) is 2. The van der Waals surface area contributed by atoms with Gasteiger partial charge < -0.3 is 15.5 Å². The van der Waals surface area contributed by atoms with Crippen molar-refractivity contribution in [3.63, 3.8) is 0 Å². The number of nitrogens with one attached hydrogen (secondary N) is 2. The zero-order chi connectivity index (χ0) is 21.2. The highest BCUT2D eigenvalue weighted by Crippen LogP contribution is 2.15. The second-order valence-corrected chi connectivity index (χ2v) is 8.02. The van der Waals surface area contributed by atoms with Gasteiger partial charge in [0.1, 0.15) is 0 Å². The molecule has 0 radical (unpaired) electrons. The molecule has 1 saturated heterocycles. The van der Waals surface area contributed by atoms with Gasteiger partial charge in [0.15, 0.2) is 5.96 Å². The molecule has 2 aromatic rings. The molecule has 168 valence electrons. The monoisotopic (exact) mass is 534 g/mol. The third-order valence-corrected chi connectivity index (χ3v) is 5.36. The summed E-state index contributed by atoms with van der Waals surface area (Å²) in [7, 11) is 0. The van der Waals surface area contributed by atoms with Gasteiger partial charge in [0.25, 0.3) is 0 Å². The van der Waals surface area contributed by atoms with Crippen molar-refractivity contribution >= 4 is 35.8 Å². The van der Waals surface area contributed by atoms with Gasteiger partial charge in [-0.25, -0.2) is 4.99 Å². The van der Waals surface area contributed by atoms with Crippen LogP contribution in [0.4, 0.5) is 0 Å². The van der Waals surface area contributed by atoms with Crippen molar-refractivity contribution in [3.8, 4) is 0 Å². The molecule has 1 aliphatic rings. The Morgan fingerprint density at radius 1 is 1.06 bits per heavy atom. The number of carbonyl (C=O) groups excluding carboxylic acids is 1. The molecule has 1 fully saturated rings. The summed E-state index contributed by atoms with van der Waals surface area (Å²) in [5.74, 6) is 1.10. The highest BCUT2D eigenvalue weighted by atomic mass is 127. The first kappa shape index (κ1) is 25.2. The van der Waals surface area contributed by atoms with Crippen LogP contribution >= 0.6 is 24.0 Å². The molecule has 31 heavy (non-hydrogen) atoms. The maximum atomic E-state index is 11.9. The Bertz CT molecular complexity index is 851. The number of unbranched alkanes of at least 4 members (excludes halogenated alkanes) is 1. The lowest BCUT2D eigenvalue weighted by atomic mass is 10.1. The maximum absolute atomic E-state index is 11.9.